The molecule has 11 nitrogen and oxygen atoms in total. The first-order valence-corrected chi connectivity index (χ1v) is 19.1. The van der Waals surface area contributed by atoms with E-state index in [-0.39, 0.29) is 11.9 Å². The number of halogens is 2. The van der Waals surface area contributed by atoms with Crippen LogP contribution in [0.25, 0.3) is 16.7 Å². The van der Waals surface area contributed by atoms with Crippen molar-refractivity contribution in [1.29, 1.82) is 0 Å². The third kappa shape index (κ3) is 8.07. The van der Waals surface area contributed by atoms with Gasteiger partial charge in [0.25, 0.3) is 0 Å². The van der Waals surface area contributed by atoms with E-state index < -0.39 is 0 Å². The number of rotatable bonds is 15. The number of anilines is 2. The Labute approximate surface area is 314 Å². The number of aromatic nitrogens is 5. The zero-order chi connectivity index (χ0) is 36.0. The number of benzene rings is 3. The fraction of sp³-hybridized carbons (Fsp3) is 0.436. The van der Waals surface area contributed by atoms with Gasteiger partial charge in [-0.15, -0.1) is 5.10 Å². The van der Waals surface area contributed by atoms with Gasteiger partial charge in [-0.3, -0.25) is 4.79 Å². The van der Waals surface area contributed by atoms with Gasteiger partial charge in [0.05, 0.1) is 63.6 Å². The Morgan fingerprint density at radius 1 is 1.04 bits per heavy atom. The summed E-state index contributed by atoms with van der Waals surface area (Å²) in [4.78, 5) is 27.4. The van der Waals surface area contributed by atoms with Crippen molar-refractivity contribution in [2.24, 2.45) is 0 Å². The molecular weight excluding hydrogens is 699 g/mol. The minimum absolute atomic E-state index is 0.0306. The molecular formula is C39H46Cl2N8O3. The third-order valence-corrected chi connectivity index (χ3v) is 10.8. The SMILES string of the molecule is CCOCCc1cccc2[nH]c(NC3CCCCN3c3cc(-n4ccnn4)cc(C(=O)CCN4CCC(c5ccc(Cl)c(Cl)c5)C4)c3OCC)nc12. The van der Waals surface area contributed by atoms with Crippen LogP contribution in [0.3, 0.4) is 0 Å². The molecule has 2 N–H and O–H groups in total. The molecule has 0 radical (unpaired) electrons. The van der Waals surface area contributed by atoms with Crippen LogP contribution in [0.2, 0.25) is 10.0 Å². The Balaban J connectivity index is 1.15. The van der Waals surface area contributed by atoms with Crippen molar-refractivity contribution in [2.45, 2.75) is 64.5 Å². The Kier molecular flexibility index (Phi) is 11.6. The van der Waals surface area contributed by atoms with Gasteiger partial charge in [0.15, 0.2) is 11.5 Å². The van der Waals surface area contributed by atoms with Crippen LogP contribution in [0.15, 0.2) is 60.9 Å². The maximum atomic E-state index is 14.2. The molecule has 2 aliphatic rings. The van der Waals surface area contributed by atoms with Gasteiger partial charge in [-0.1, -0.05) is 46.6 Å². The van der Waals surface area contributed by atoms with Crippen molar-refractivity contribution in [3.8, 4) is 11.4 Å². The molecule has 13 heteroatoms. The van der Waals surface area contributed by atoms with Gasteiger partial charge in [0, 0.05) is 32.7 Å². The summed E-state index contributed by atoms with van der Waals surface area (Å²) in [5.41, 5.74) is 6.42. The molecule has 7 rings (SSSR count). The molecule has 5 aromatic rings. The molecule has 4 heterocycles. The van der Waals surface area contributed by atoms with Gasteiger partial charge < -0.3 is 29.6 Å². The topological polar surface area (TPSA) is 113 Å². The predicted molar refractivity (Wildman–Crippen MR) is 207 cm³/mol. The average Bonchev–Trinajstić information content (AvgIpc) is 3.95. The largest absolute Gasteiger partial charge is 0.491 e. The second kappa shape index (κ2) is 16.7. The number of nitrogens with zero attached hydrogens (tertiary/aromatic N) is 6. The zero-order valence-corrected chi connectivity index (χ0v) is 31.3. The smallest absolute Gasteiger partial charge is 0.202 e. The number of carbonyl (C=O) groups is 1. The lowest BCUT2D eigenvalue weighted by Gasteiger charge is -2.39. The molecule has 2 unspecified atom stereocenters. The van der Waals surface area contributed by atoms with E-state index in [1.165, 1.54) is 5.56 Å². The minimum atomic E-state index is -0.0859. The molecule has 274 valence electrons. The summed E-state index contributed by atoms with van der Waals surface area (Å²) in [7, 11) is 0. The standard InChI is InChI=1S/C39H46Cl2N8O3/c1-3-51-21-15-26-8-7-9-33-37(26)45-39(43-33)44-36-10-5-6-17-48(36)34-24-29(49-20-16-42-46-49)23-30(38(34)52-4-2)35(50)14-19-47-18-13-28(25-47)27-11-12-31(40)32(41)22-27/h7-9,11-12,16,20,22-24,28,36H,3-6,10,13-15,17-19,21,25H2,1-2H3,(H2,43,44,45). The van der Waals surface area contributed by atoms with Crippen LogP contribution in [0.5, 0.6) is 5.75 Å². The Hall–Kier alpha value is -4.16. The predicted octanol–water partition coefficient (Wildman–Crippen LogP) is 7.92. The van der Waals surface area contributed by atoms with Crippen LogP contribution >= 0.6 is 23.2 Å². The van der Waals surface area contributed by atoms with Crippen molar-refractivity contribution in [1.82, 2.24) is 29.9 Å². The third-order valence-electron chi connectivity index (χ3n) is 10.1. The van der Waals surface area contributed by atoms with Crippen LogP contribution in [0.4, 0.5) is 11.6 Å². The Morgan fingerprint density at radius 2 is 1.94 bits per heavy atom. The van der Waals surface area contributed by atoms with Crippen LogP contribution in [-0.2, 0) is 11.2 Å². The van der Waals surface area contributed by atoms with Crippen molar-refractivity contribution >= 4 is 51.7 Å². The first-order chi connectivity index (χ1) is 25.4. The highest BCUT2D eigenvalue weighted by Gasteiger charge is 2.31. The number of imidazole rings is 1. The lowest BCUT2D eigenvalue weighted by Crippen LogP contribution is -2.45. The molecule has 0 spiro atoms. The van der Waals surface area contributed by atoms with Crippen LogP contribution in [-0.4, -0.2) is 87.8 Å². The maximum absolute atomic E-state index is 14.2. The second-order valence-electron chi connectivity index (χ2n) is 13.5. The summed E-state index contributed by atoms with van der Waals surface area (Å²) in [6.07, 6.45) is 8.48. The number of H-pyrrole nitrogens is 1. The van der Waals surface area contributed by atoms with E-state index in [0.717, 1.165) is 79.7 Å². The Bertz CT molecular complexity index is 1980. The average molecular weight is 746 g/mol. The summed E-state index contributed by atoms with van der Waals surface area (Å²) in [6, 6.07) is 16.0. The molecule has 2 saturated heterocycles. The number of nitrogens with one attached hydrogen (secondary N) is 2. The number of carbonyl (C=O) groups excluding carboxylic acids is 1. The van der Waals surface area contributed by atoms with Crippen molar-refractivity contribution < 1.29 is 14.3 Å². The van der Waals surface area contributed by atoms with Gasteiger partial charge in [0.1, 0.15) is 6.17 Å². The van der Waals surface area contributed by atoms with Gasteiger partial charge in [-0.05, 0) is 99.9 Å². The molecule has 0 bridgehead atoms. The second-order valence-corrected chi connectivity index (χ2v) is 14.3. The normalized spacial score (nSPS) is 18.0. The van der Waals surface area contributed by atoms with Crippen molar-refractivity contribution in [3.63, 3.8) is 0 Å². The molecule has 2 aromatic heterocycles. The first-order valence-electron chi connectivity index (χ1n) is 18.4. The highest BCUT2D eigenvalue weighted by molar-refractivity contribution is 6.42. The summed E-state index contributed by atoms with van der Waals surface area (Å²) in [6.45, 7) is 8.96. The van der Waals surface area contributed by atoms with Gasteiger partial charge >= 0.3 is 0 Å². The molecule has 2 atom stereocenters. The highest BCUT2D eigenvalue weighted by Crippen LogP contribution is 2.40. The molecule has 0 aliphatic carbocycles. The zero-order valence-electron chi connectivity index (χ0n) is 29.8. The van der Waals surface area contributed by atoms with E-state index >= 15 is 0 Å². The first kappa shape index (κ1) is 36.2. The van der Waals surface area contributed by atoms with Crippen molar-refractivity contribution in [3.05, 3.63) is 87.7 Å². The number of ketones is 1. The minimum Gasteiger partial charge on any atom is -0.491 e. The molecule has 0 amide bonds. The van der Waals surface area contributed by atoms with Crippen molar-refractivity contribution in [2.75, 3.05) is 56.2 Å². The van der Waals surface area contributed by atoms with E-state index in [9.17, 15) is 4.79 Å². The van der Waals surface area contributed by atoms with Gasteiger partial charge in [0.2, 0.25) is 5.95 Å². The fourth-order valence-electron chi connectivity index (χ4n) is 7.48. The number of hydrogen-bond donors (Lipinski definition) is 2. The number of likely N-dealkylation sites (tertiary alicyclic amines) is 1. The summed E-state index contributed by atoms with van der Waals surface area (Å²) < 4.78 is 13.7. The lowest BCUT2D eigenvalue weighted by atomic mass is 9.98. The van der Waals surface area contributed by atoms with E-state index in [4.69, 9.17) is 37.7 Å². The molecule has 0 saturated carbocycles. The van der Waals surface area contributed by atoms with E-state index in [1.54, 1.807) is 17.1 Å². The van der Waals surface area contributed by atoms with E-state index in [1.807, 2.05) is 32.0 Å². The monoisotopic (exact) mass is 744 g/mol. The molecule has 3 aromatic carbocycles. The summed E-state index contributed by atoms with van der Waals surface area (Å²) >= 11 is 12.5. The number of ether oxygens (including phenoxy) is 2. The number of Topliss-reactive ketones (excluding diaryl/α,β-unsaturated/α-hetero) is 1. The maximum Gasteiger partial charge on any atom is 0.202 e. The quantitative estimate of drug-likeness (QED) is 0.0816. The van der Waals surface area contributed by atoms with E-state index in [2.05, 4.69) is 60.7 Å². The Morgan fingerprint density at radius 3 is 2.75 bits per heavy atom. The molecule has 2 aliphatic heterocycles. The van der Waals surface area contributed by atoms with Gasteiger partial charge in [-0.2, -0.15) is 0 Å². The molecule has 2 fully saturated rings. The van der Waals surface area contributed by atoms with Crippen LogP contribution in [0, 0.1) is 0 Å². The number of aromatic amines is 1. The number of para-hydroxylation sites is 1. The summed E-state index contributed by atoms with van der Waals surface area (Å²) in [5, 5.41) is 13.2. The number of fused-ring (bicyclic) bond motifs is 1. The lowest BCUT2D eigenvalue weighted by molar-refractivity contribution is 0.0965. The highest BCUT2D eigenvalue weighted by atomic mass is 35.5. The summed E-state index contributed by atoms with van der Waals surface area (Å²) in [5.74, 6) is 1.69. The molecule has 52 heavy (non-hydrogen) atoms. The van der Waals surface area contributed by atoms with Crippen LogP contribution in [0.1, 0.15) is 73.4 Å². The van der Waals surface area contributed by atoms with E-state index in [0.29, 0.717) is 66.0 Å². The number of hydrogen-bond acceptors (Lipinski definition) is 9. The van der Waals surface area contributed by atoms with Gasteiger partial charge in [-0.25, -0.2) is 9.67 Å². The number of piperidine rings is 1. The fourth-order valence-corrected chi connectivity index (χ4v) is 7.78. The van der Waals surface area contributed by atoms with Crippen LogP contribution < -0.4 is 15.0 Å².